The predicted molar refractivity (Wildman–Crippen MR) is 69.1 cm³/mol. The van der Waals surface area contributed by atoms with E-state index in [4.69, 9.17) is 5.73 Å². The van der Waals surface area contributed by atoms with Gasteiger partial charge in [0.1, 0.15) is 0 Å². The van der Waals surface area contributed by atoms with Crippen LogP contribution in [-0.4, -0.2) is 36.9 Å². The molecular formula is C13H17N3O2. The number of para-hydroxylation sites is 1. The van der Waals surface area contributed by atoms with Crippen LogP contribution in [0.2, 0.25) is 0 Å². The molecule has 1 aromatic rings. The zero-order valence-electron chi connectivity index (χ0n) is 10.3. The number of nitrogens with zero attached hydrogens (tertiary/aromatic N) is 1. The lowest BCUT2D eigenvalue weighted by atomic mass is 9.97. The monoisotopic (exact) mass is 247 g/mol. The Morgan fingerprint density at radius 3 is 2.89 bits per heavy atom. The second-order valence-corrected chi connectivity index (χ2v) is 4.59. The smallest absolute Gasteiger partial charge is 0.237 e. The summed E-state index contributed by atoms with van der Waals surface area (Å²) in [6, 6.07) is 7.97. The fourth-order valence-electron chi connectivity index (χ4n) is 2.23. The highest BCUT2D eigenvalue weighted by atomic mass is 16.2. The number of likely N-dealkylation sites (N-methyl/N-ethyl adjacent to an activating group) is 1. The molecule has 1 aliphatic heterocycles. The van der Waals surface area contributed by atoms with Gasteiger partial charge in [-0.05, 0) is 11.6 Å². The number of fused-ring (bicyclic) bond motifs is 1. The van der Waals surface area contributed by atoms with Crippen LogP contribution in [0.25, 0.3) is 0 Å². The molecule has 5 nitrogen and oxygen atoms in total. The minimum absolute atomic E-state index is 0.0272. The van der Waals surface area contributed by atoms with Crippen molar-refractivity contribution in [3.8, 4) is 0 Å². The summed E-state index contributed by atoms with van der Waals surface area (Å²) in [6.07, 6.45) is 0.397. The van der Waals surface area contributed by atoms with Crippen LogP contribution in [0, 0.1) is 0 Å². The lowest BCUT2D eigenvalue weighted by Gasteiger charge is -2.17. The van der Waals surface area contributed by atoms with Crippen LogP contribution in [0.4, 0.5) is 5.69 Å². The molecule has 0 saturated heterocycles. The van der Waals surface area contributed by atoms with Gasteiger partial charge >= 0.3 is 0 Å². The van der Waals surface area contributed by atoms with E-state index in [0.717, 1.165) is 12.2 Å². The number of carbonyl (C=O) groups excluding carboxylic acids is 2. The molecule has 0 radical (unpaired) electrons. The zero-order valence-corrected chi connectivity index (χ0v) is 10.3. The molecule has 5 heteroatoms. The van der Waals surface area contributed by atoms with Gasteiger partial charge in [-0.2, -0.15) is 0 Å². The summed E-state index contributed by atoms with van der Waals surface area (Å²) in [6.45, 7) is 0.732. The van der Waals surface area contributed by atoms with E-state index in [1.807, 2.05) is 24.3 Å². The second-order valence-electron chi connectivity index (χ2n) is 4.59. The standard InChI is InChI=1S/C13H17N3O2/c1-16(8-12(14)17)13(18)6-9-7-15-11-5-3-2-4-10(9)11/h2-5,9,15H,6-8H2,1H3,(H2,14,17). The van der Waals surface area contributed by atoms with Gasteiger partial charge in [-0.25, -0.2) is 0 Å². The maximum atomic E-state index is 11.9. The SMILES string of the molecule is CN(CC(N)=O)C(=O)CC1CNc2ccccc21. The van der Waals surface area contributed by atoms with Crippen molar-refractivity contribution in [1.29, 1.82) is 0 Å². The minimum atomic E-state index is -0.490. The molecule has 3 N–H and O–H groups in total. The summed E-state index contributed by atoms with van der Waals surface area (Å²) < 4.78 is 0. The first-order chi connectivity index (χ1) is 8.58. The molecule has 0 aromatic heterocycles. The van der Waals surface area contributed by atoms with Gasteiger partial charge in [0.05, 0.1) is 6.54 Å². The summed E-state index contributed by atoms with van der Waals surface area (Å²) in [7, 11) is 1.60. The Morgan fingerprint density at radius 1 is 1.44 bits per heavy atom. The van der Waals surface area contributed by atoms with Gasteiger partial charge in [-0.3, -0.25) is 9.59 Å². The van der Waals surface area contributed by atoms with E-state index < -0.39 is 5.91 Å². The average Bonchev–Trinajstić information content (AvgIpc) is 2.72. The maximum Gasteiger partial charge on any atom is 0.237 e. The van der Waals surface area contributed by atoms with Crippen molar-refractivity contribution in [3.05, 3.63) is 29.8 Å². The Morgan fingerprint density at radius 2 is 2.17 bits per heavy atom. The highest BCUT2D eigenvalue weighted by Crippen LogP contribution is 2.33. The van der Waals surface area contributed by atoms with Gasteiger partial charge in [0.25, 0.3) is 0 Å². The third kappa shape index (κ3) is 2.61. The Hall–Kier alpha value is -2.04. The zero-order chi connectivity index (χ0) is 13.1. The van der Waals surface area contributed by atoms with Gasteiger partial charge < -0.3 is 16.0 Å². The van der Waals surface area contributed by atoms with E-state index in [1.54, 1.807) is 7.05 Å². The molecule has 2 amide bonds. The van der Waals surface area contributed by atoms with Crippen molar-refractivity contribution < 1.29 is 9.59 Å². The Bertz CT molecular complexity index is 473. The van der Waals surface area contributed by atoms with Crippen LogP contribution in [0.5, 0.6) is 0 Å². The maximum absolute atomic E-state index is 11.9. The van der Waals surface area contributed by atoms with Crippen molar-refractivity contribution in [1.82, 2.24) is 4.90 Å². The van der Waals surface area contributed by atoms with Crippen molar-refractivity contribution in [3.63, 3.8) is 0 Å². The highest BCUT2D eigenvalue weighted by molar-refractivity contribution is 5.84. The molecule has 1 unspecified atom stereocenters. The second kappa shape index (κ2) is 5.08. The molecule has 0 aliphatic carbocycles. The van der Waals surface area contributed by atoms with E-state index in [2.05, 4.69) is 5.32 Å². The van der Waals surface area contributed by atoms with E-state index in [1.165, 1.54) is 10.5 Å². The number of hydrogen-bond acceptors (Lipinski definition) is 3. The van der Waals surface area contributed by atoms with E-state index in [0.29, 0.717) is 6.42 Å². The Kier molecular flexibility index (Phi) is 3.50. The topological polar surface area (TPSA) is 75.4 Å². The molecule has 96 valence electrons. The van der Waals surface area contributed by atoms with Crippen LogP contribution in [0.15, 0.2) is 24.3 Å². The summed E-state index contributed by atoms with van der Waals surface area (Å²) in [5.41, 5.74) is 7.33. The summed E-state index contributed by atoms with van der Waals surface area (Å²) >= 11 is 0. The summed E-state index contributed by atoms with van der Waals surface area (Å²) in [4.78, 5) is 24.1. The number of nitrogens with two attached hydrogens (primary N) is 1. The third-order valence-corrected chi connectivity index (χ3v) is 3.18. The quantitative estimate of drug-likeness (QED) is 0.815. The Balaban J connectivity index is 1.99. The summed E-state index contributed by atoms with van der Waals surface area (Å²) in [5, 5.41) is 3.27. The first-order valence-electron chi connectivity index (χ1n) is 5.93. The summed E-state index contributed by atoms with van der Waals surface area (Å²) in [5.74, 6) is -0.378. The van der Waals surface area contributed by atoms with Gasteiger partial charge in [-0.15, -0.1) is 0 Å². The molecule has 1 aromatic carbocycles. The number of rotatable bonds is 4. The lowest BCUT2D eigenvalue weighted by Crippen LogP contribution is -2.36. The van der Waals surface area contributed by atoms with E-state index in [9.17, 15) is 9.59 Å². The fourth-order valence-corrected chi connectivity index (χ4v) is 2.23. The van der Waals surface area contributed by atoms with Gasteiger partial charge in [0, 0.05) is 31.6 Å². The molecule has 2 rings (SSSR count). The molecule has 0 saturated carbocycles. The largest absolute Gasteiger partial charge is 0.384 e. The molecular weight excluding hydrogens is 230 g/mol. The first-order valence-corrected chi connectivity index (χ1v) is 5.93. The van der Waals surface area contributed by atoms with Crippen LogP contribution >= 0.6 is 0 Å². The fraction of sp³-hybridized carbons (Fsp3) is 0.385. The number of benzene rings is 1. The molecule has 18 heavy (non-hydrogen) atoms. The first kappa shape index (κ1) is 12.4. The van der Waals surface area contributed by atoms with Crippen molar-refractivity contribution in [2.75, 3.05) is 25.5 Å². The van der Waals surface area contributed by atoms with Crippen molar-refractivity contribution in [2.24, 2.45) is 5.73 Å². The molecule has 0 bridgehead atoms. The van der Waals surface area contributed by atoms with Gasteiger partial charge in [0.2, 0.25) is 11.8 Å². The number of primary amides is 1. The van der Waals surface area contributed by atoms with Gasteiger partial charge in [-0.1, -0.05) is 18.2 Å². The molecule has 0 spiro atoms. The van der Waals surface area contributed by atoms with Crippen molar-refractivity contribution in [2.45, 2.75) is 12.3 Å². The van der Waals surface area contributed by atoms with E-state index in [-0.39, 0.29) is 18.4 Å². The number of carbonyl (C=O) groups is 2. The average molecular weight is 247 g/mol. The van der Waals surface area contributed by atoms with Crippen LogP contribution in [0.1, 0.15) is 17.9 Å². The van der Waals surface area contributed by atoms with Crippen LogP contribution in [0.3, 0.4) is 0 Å². The molecule has 1 aliphatic rings. The van der Waals surface area contributed by atoms with Gasteiger partial charge in [0.15, 0.2) is 0 Å². The molecule has 0 fully saturated rings. The predicted octanol–water partition coefficient (Wildman–Crippen LogP) is 0.529. The third-order valence-electron chi connectivity index (χ3n) is 3.18. The van der Waals surface area contributed by atoms with Crippen LogP contribution in [-0.2, 0) is 9.59 Å². The van der Waals surface area contributed by atoms with E-state index >= 15 is 0 Å². The minimum Gasteiger partial charge on any atom is -0.384 e. The Labute approximate surface area is 106 Å². The number of nitrogens with one attached hydrogen (secondary N) is 1. The van der Waals surface area contributed by atoms with Crippen molar-refractivity contribution >= 4 is 17.5 Å². The number of anilines is 1. The molecule has 1 heterocycles. The highest BCUT2D eigenvalue weighted by Gasteiger charge is 2.25. The number of hydrogen-bond donors (Lipinski definition) is 2. The van der Waals surface area contributed by atoms with Crippen LogP contribution < -0.4 is 11.1 Å². The lowest BCUT2D eigenvalue weighted by molar-refractivity contribution is -0.134. The number of amides is 2. The molecule has 1 atom stereocenters. The normalized spacial score (nSPS) is 16.8.